The largest absolute Gasteiger partial charge is 0.378 e. The molecular weight excluding hydrogens is 236 g/mol. The Bertz CT molecular complexity index is 286. The van der Waals surface area contributed by atoms with Gasteiger partial charge in [0.15, 0.2) is 0 Å². The second kappa shape index (κ2) is 6.11. The van der Waals surface area contributed by atoms with E-state index in [1.807, 2.05) is 0 Å². The van der Waals surface area contributed by atoms with Gasteiger partial charge in [0.25, 0.3) is 0 Å². The molecule has 2 rings (SSSR count). The van der Waals surface area contributed by atoms with Gasteiger partial charge in [0.05, 0.1) is 6.10 Å². The summed E-state index contributed by atoms with van der Waals surface area (Å²) in [6.45, 7) is 13.8. The zero-order chi connectivity index (χ0) is 13.9. The van der Waals surface area contributed by atoms with Gasteiger partial charge in [-0.05, 0) is 59.4 Å². The average Bonchev–Trinajstić information content (AvgIpc) is 2.87. The van der Waals surface area contributed by atoms with Crippen LogP contribution in [-0.2, 0) is 4.74 Å². The van der Waals surface area contributed by atoms with E-state index >= 15 is 0 Å². The molecule has 2 fully saturated rings. The van der Waals surface area contributed by atoms with E-state index in [-0.39, 0.29) is 5.54 Å². The third-order valence-corrected chi connectivity index (χ3v) is 5.04. The molecule has 2 heterocycles. The zero-order valence-corrected chi connectivity index (χ0v) is 13.3. The van der Waals surface area contributed by atoms with Crippen LogP contribution in [0.2, 0.25) is 0 Å². The van der Waals surface area contributed by atoms with Crippen LogP contribution < -0.4 is 5.32 Å². The maximum Gasteiger partial charge on any atom is 0.0576 e. The number of rotatable bonds is 5. The second-order valence-electron chi connectivity index (χ2n) is 7.29. The Morgan fingerprint density at radius 1 is 1.32 bits per heavy atom. The predicted molar refractivity (Wildman–Crippen MR) is 80.6 cm³/mol. The topological polar surface area (TPSA) is 24.5 Å². The minimum absolute atomic E-state index is 0.249. The van der Waals surface area contributed by atoms with Gasteiger partial charge < -0.3 is 10.1 Å². The molecule has 0 radical (unpaired) electrons. The molecular formula is C16H32N2O. The van der Waals surface area contributed by atoms with E-state index in [1.165, 1.54) is 38.6 Å². The first-order chi connectivity index (χ1) is 8.95. The Labute approximate surface area is 119 Å². The molecule has 0 spiro atoms. The quantitative estimate of drug-likeness (QED) is 0.830. The fourth-order valence-corrected chi connectivity index (χ4v) is 3.34. The minimum atomic E-state index is 0.249. The van der Waals surface area contributed by atoms with Gasteiger partial charge in [-0.15, -0.1) is 0 Å². The van der Waals surface area contributed by atoms with Crippen molar-refractivity contribution in [1.29, 1.82) is 0 Å². The predicted octanol–water partition coefficient (Wildman–Crippen LogP) is 2.80. The van der Waals surface area contributed by atoms with Gasteiger partial charge in [-0.1, -0.05) is 6.92 Å². The molecule has 112 valence electrons. The van der Waals surface area contributed by atoms with Gasteiger partial charge in [-0.3, -0.25) is 4.90 Å². The summed E-state index contributed by atoms with van der Waals surface area (Å²) < 4.78 is 5.73. The number of ether oxygens (including phenoxy) is 1. The lowest BCUT2D eigenvalue weighted by Crippen LogP contribution is -2.67. The number of nitrogens with one attached hydrogen (secondary N) is 1. The van der Waals surface area contributed by atoms with Crippen LogP contribution in [0.1, 0.15) is 59.8 Å². The van der Waals surface area contributed by atoms with Crippen molar-refractivity contribution in [2.75, 3.05) is 26.2 Å². The standard InChI is InChI=1S/C16H32N2O/c1-5-16(4)12-17-15(2,3)13-18(16)10-6-8-14-9-7-11-19-14/h14,17H,5-13H2,1-4H3. The molecule has 0 amide bonds. The molecule has 2 saturated heterocycles. The van der Waals surface area contributed by atoms with E-state index in [0.717, 1.165) is 19.7 Å². The molecule has 3 nitrogen and oxygen atoms in total. The summed E-state index contributed by atoms with van der Waals surface area (Å²) in [6, 6.07) is 0. The fraction of sp³-hybridized carbons (Fsp3) is 1.00. The normalized spacial score (nSPS) is 35.7. The summed E-state index contributed by atoms with van der Waals surface area (Å²) in [4.78, 5) is 2.71. The first kappa shape index (κ1) is 15.3. The number of piperazine rings is 1. The molecule has 2 aliphatic heterocycles. The summed E-state index contributed by atoms with van der Waals surface area (Å²) in [5, 5.41) is 3.70. The maximum atomic E-state index is 5.73. The first-order valence-corrected chi connectivity index (χ1v) is 8.07. The summed E-state index contributed by atoms with van der Waals surface area (Å²) in [7, 11) is 0. The zero-order valence-electron chi connectivity index (χ0n) is 13.3. The van der Waals surface area contributed by atoms with Crippen molar-refractivity contribution in [2.45, 2.75) is 77.0 Å². The van der Waals surface area contributed by atoms with Crippen molar-refractivity contribution in [3.8, 4) is 0 Å². The molecule has 0 aromatic rings. The number of nitrogens with zero attached hydrogens (tertiary/aromatic N) is 1. The van der Waals surface area contributed by atoms with Crippen LogP contribution in [-0.4, -0.2) is 48.3 Å². The van der Waals surface area contributed by atoms with Crippen molar-refractivity contribution in [3.63, 3.8) is 0 Å². The highest BCUT2D eigenvalue weighted by atomic mass is 16.5. The van der Waals surface area contributed by atoms with E-state index in [9.17, 15) is 0 Å². The Kier molecular flexibility index (Phi) is 4.91. The van der Waals surface area contributed by atoms with Crippen molar-refractivity contribution in [1.82, 2.24) is 10.2 Å². The second-order valence-corrected chi connectivity index (χ2v) is 7.29. The van der Waals surface area contributed by atoms with Gasteiger partial charge in [0.1, 0.15) is 0 Å². The average molecular weight is 268 g/mol. The van der Waals surface area contributed by atoms with E-state index in [1.54, 1.807) is 0 Å². The van der Waals surface area contributed by atoms with E-state index < -0.39 is 0 Å². The molecule has 0 aliphatic carbocycles. The molecule has 0 saturated carbocycles. The third kappa shape index (κ3) is 3.93. The molecule has 2 atom stereocenters. The van der Waals surface area contributed by atoms with Crippen LogP contribution in [0.4, 0.5) is 0 Å². The van der Waals surface area contributed by atoms with Crippen LogP contribution in [0.3, 0.4) is 0 Å². The molecule has 1 N–H and O–H groups in total. The number of hydrogen-bond donors (Lipinski definition) is 1. The summed E-state index contributed by atoms with van der Waals surface area (Å²) in [6.07, 6.45) is 6.82. The summed E-state index contributed by atoms with van der Waals surface area (Å²) in [5.74, 6) is 0. The summed E-state index contributed by atoms with van der Waals surface area (Å²) in [5.41, 5.74) is 0.574. The highest BCUT2D eigenvalue weighted by Crippen LogP contribution is 2.27. The monoisotopic (exact) mass is 268 g/mol. The molecule has 2 unspecified atom stereocenters. The van der Waals surface area contributed by atoms with E-state index in [2.05, 4.69) is 37.9 Å². The Hall–Kier alpha value is -0.120. The van der Waals surface area contributed by atoms with E-state index in [0.29, 0.717) is 11.6 Å². The van der Waals surface area contributed by atoms with Gasteiger partial charge in [0, 0.05) is 30.8 Å². The Balaban J connectivity index is 1.83. The van der Waals surface area contributed by atoms with Gasteiger partial charge in [-0.2, -0.15) is 0 Å². The molecule has 2 aliphatic rings. The molecule has 0 aromatic heterocycles. The van der Waals surface area contributed by atoms with Crippen LogP contribution in [0.5, 0.6) is 0 Å². The van der Waals surface area contributed by atoms with Crippen molar-refractivity contribution in [2.24, 2.45) is 0 Å². The Morgan fingerprint density at radius 3 is 2.74 bits per heavy atom. The first-order valence-electron chi connectivity index (χ1n) is 8.07. The smallest absolute Gasteiger partial charge is 0.0576 e. The highest BCUT2D eigenvalue weighted by molar-refractivity contribution is 4.99. The van der Waals surface area contributed by atoms with Gasteiger partial charge in [-0.25, -0.2) is 0 Å². The minimum Gasteiger partial charge on any atom is -0.378 e. The lowest BCUT2D eigenvalue weighted by atomic mass is 9.87. The van der Waals surface area contributed by atoms with Crippen LogP contribution in [0.25, 0.3) is 0 Å². The van der Waals surface area contributed by atoms with Crippen LogP contribution in [0.15, 0.2) is 0 Å². The highest BCUT2D eigenvalue weighted by Gasteiger charge is 2.39. The molecule has 0 bridgehead atoms. The Morgan fingerprint density at radius 2 is 2.11 bits per heavy atom. The van der Waals surface area contributed by atoms with E-state index in [4.69, 9.17) is 4.74 Å². The lowest BCUT2D eigenvalue weighted by molar-refractivity contribution is 0.0187. The van der Waals surface area contributed by atoms with Crippen molar-refractivity contribution < 1.29 is 4.74 Å². The van der Waals surface area contributed by atoms with Crippen LogP contribution >= 0.6 is 0 Å². The molecule has 19 heavy (non-hydrogen) atoms. The van der Waals surface area contributed by atoms with Gasteiger partial charge in [0.2, 0.25) is 0 Å². The van der Waals surface area contributed by atoms with Crippen LogP contribution in [0, 0.1) is 0 Å². The lowest BCUT2D eigenvalue weighted by Gasteiger charge is -2.51. The number of hydrogen-bond acceptors (Lipinski definition) is 3. The van der Waals surface area contributed by atoms with Gasteiger partial charge >= 0.3 is 0 Å². The van der Waals surface area contributed by atoms with Crippen molar-refractivity contribution in [3.05, 3.63) is 0 Å². The fourth-order valence-electron chi connectivity index (χ4n) is 3.34. The summed E-state index contributed by atoms with van der Waals surface area (Å²) >= 11 is 0. The molecule has 0 aromatic carbocycles. The third-order valence-electron chi connectivity index (χ3n) is 5.04. The SMILES string of the molecule is CCC1(C)CNC(C)(C)CN1CCCC1CCCO1. The maximum absolute atomic E-state index is 5.73. The molecule has 3 heteroatoms. The van der Waals surface area contributed by atoms with Crippen molar-refractivity contribution >= 4 is 0 Å².